The number of carbonyl (C=O) groups is 1. The summed E-state index contributed by atoms with van der Waals surface area (Å²) in [5.41, 5.74) is 3.16. The largest absolute Gasteiger partial charge is 0.348 e. The van der Waals surface area contributed by atoms with Gasteiger partial charge in [-0.15, -0.1) is 11.3 Å². The number of aromatic nitrogens is 1. The summed E-state index contributed by atoms with van der Waals surface area (Å²) in [7, 11) is -2.33. The Bertz CT molecular complexity index is 1170. The molecule has 4 rings (SSSR count). The van der Waals surface area contributed by atoms with Crippen LogP contribution in [0.15, 0.2) is 47.4 Å². The molecule has 8 heteroatoms. The van der Waals surface area contributed by atoms with Gasteiger partial charge in [-0.05, 0) is 55.5 Å². The van der Waals surface area contributed by atoms with Gasteiger partial charge >= 0.3 is 0 Å². The van der Waals surface area contributed by atoms with Crippen molar-refractivity contribution in [1.29, 1.82) is 0 Å². The zero-order valence-corrected chi connectivity index (χ0v) is 18.0. The molecule has 1 aliphatic carbocycles. The SMILES string of the molecule is Cc1nc2ccc(S(=O)(=O)N(C)CC(=O)NC3CCCc4ccccc43)cc2s1. The molecule has 0 radical (unpaired) electrons. The maximum absolute atomic E-state index is 12.9. The predicted octanol–water partition coefficient (Wildman–Crippen LogP) is 3.42. The van der Waals surface area contributed by atoms with Gasteiger partial charge in [0.05, 0.1) is 32.7 Å². The van der Waals surface area contributed by atoms with Crippen LogP contribution in [-0.2, 0) is 21.2 Å². The molecule has 1 amide bonds. The molecule has 1 N–H and O–H groups in total. The van der Waals surface area contributed by atoms with Gasteiger partial charge in [-0.1, -0.05) is 24.3 Å². The lowest BCUT2D eigenvalue weighted by molar-refractivity contribution is -0.122. The van der Waals surface area contributed by atoms with Crippen LogP contribution < -0.4 is 5.32 Å². The first-order valence-corrected chi connectivity index (χ1v) is 11.8. The van der Waals surface area contributed by atoms with E-state index in [4.69, 9.17) is 0 Å². The molecule has 1 aromatic heterocycles. The topological polar surface area (TPSA) is 79.4 Å². The molecule has 2 aromatic carbocycles. The van der Waals surface area contributed by atoms with Gasteiger partial charge in [0.1, 0.15) is 0 Å². The van der Waals surface area contributed by atoms with Crippen molar-refractivity contribution >= 4 is 37.5 Å². The monoisotopic (exact) mass is 429 g/mol. The summed E-state index contributed by atoms with van der Waals surface area (Å²) < 4.78 is 27.8. The number of nitrogens with one attached hydrogen (secondary N) is 1. The van der Waals surface area contributed by atoms with Crippen molar-refractivity contribution in [2.45, 2.75) is 37.1 Å². The van der Waals surface area contributed by atoms with E-state index in [2.05, 4.69) is 16.4 Å². The highest BCUT2D eigenvalue weighted by atomic mass is 32.2. The third-order valence-electron chi connectivity index (χ3n) is 5.25. The van der Waals surface area contributed by atoms with E-state index in [0.717, 1.165) is 44.4 Å². The summed E-state index contributed by atoms with van der Waals surface area (Å²) in [5.74, 6) is -0.299. The molecule has 1 heterocycles. The number of amides is 1. The molecule has 0 saturated carbocycles. The van der Waals surface area contributed by atoms with Crippen LogP contribution in [0.2, 0.25) is 0 Å². The summed E-state index contributed by atoms with van der Waals surface area (Å²) >= 11 is 1.45. The normalized spacial score (nSPS) is 16.7. The van der Waals surface area contributed by atoms with Crippen molar-refractivity contribution < 1.29 is 13.2 Å². The lowest BCUT2D eigenvalue weighted by Crippen LogP contribution is -2.40. The van der Waals surface area contributed by atoms with E-state index in [0.29, 0.717) is 0 Å². The Kier molecular flexibility index (Phi) is 5.42. The van der Waals surface area contributed by atoms with E-state index in [-0.39, 0.29) is 23.4 Å². The molecule has 29 heavy (non-hydrogen) atoms. The van der Waals surface area contributed by atoms with Gasteiger partial charge < -0.3 is 5.32 Å². The Morgan fingerprint density at radius 2 is 2.07 bits per heavy atom. The van der Waals surface area contributed by atoms with E-state index in [1.807, 2.05) is 25.1 Å². The lowest BCUT2D eigenvalue weighted by atomic mass is 9.88. The van der Waals surface area contributed by atoms with Crippen molar-refractivity contribution in [1.82, 2.24) is 14.6 Å². The highest BCUT2D eigenvalue weighted by Crippen LogP contribution is 2.29. The van der Waals surface area contributed by atoms with Crippen LogP contribution in [0.1, 0.15) is 35.0 Å². The quantitative estimate of drug-likeness (QED) is 0.674. The fraction of sp³-hybridized carbons (Fsp3) is 0.333. The highest BCUT2D eigenvalue weighted by Gasteiger charge is 2.26. The van der Waals surface area contributed by atoms with Gasteiger partial charge in [-0.25, -0.2) is 13.4 Å². The fourth-order valence-corrected chi connectivity index (χ4v) is 5.89. The number of likely N-dealkylation sites (N-methyl/N-ethyl adjacent to an activating group) is 1. The number of hydrogen-bond donors (Lipinski definition) is 1. The summed E-state index contributed by atoms with van der Waals surface area (Å²) in [4.78, 5) is 17.1. The number of carbonyl (C=O) groups excluding carboxylic acids is 1. The number of rotatable bonds is 5. The molecular weight excluding hydrogens is 406 g/mol. The average molecular weight is 430 g/mol. The second kappa shape index (κ2) is 7.85. The van der Waals surface area contributed by atoms with Gasteiger partial charge in [-0.3, -0.25) is 4.79 Å². The number of nitrogens with zero attached hydrogens (tertiary/aromatic N) is 2. The third-order valence-corrected chi connectivity index (χ3v) is 7.98. The average Bonchev–Trinajstić information content (AvgIpc) is 3.07. The summed E-state index contributed by atoms with van der Waals surface area (Å²) in [6.07, 6.45) is 2.88. The second-order valence-electron chi connectivity index (χ2n) is 7.33. The molecule has 152 valence electrons. The number of sulfonamides is 1. The first-order valence-electron chi connectivity index (χ1n) is 9.55. The van der Waals surface area contributed by atoms with Gasteiger partial charge in [0.2, 0.25) is 15.9 Å². The minimum absolute atomic E-state index is 0.0694. The van der Waals surface area contributed by atoms with Crippen molar-refractivity contribution in [3.05, 3.63) is 58.6 Å². The van der Waals surface area contributed by atoms with Crippen molar-refractivity contribution in [2.24, 2.45) is 0 Å². The smallest absolute Gasteiger partial charge is 0.243 e. The number of fused-ring (bicyclic) bond motifs is 2. The van der Waals surface area contributed by atoms with Crippen LogP contribution in [0.4, 0.5) is 0 Å². The molecule has 0 fully saturated rings. The maximum Gasteiger partial charge on any atom is 0.243 e. The Morgan fingerprint density at radius 1 is 1.28 bits per heavy atom. The van der Waals surface area contributed by atoms with E-state index >= 15 is 0 Å². The van der Waals surface area contributed by atoms with Gasteiger partial charge in [0.15, 0.2) is 0 Å². The number of benzene rings is 2. The van der Waals surface area contributed by atoms with Crippen LogP contribution in [0.3, 0.4) is 0 Å². The third kappa shape index (κ3) is 4.05. The van der Waals surface area contributed by atoms with Gasteiger partial charge in [0.25, 0.3) is 0 Å². The summed E-state index contributed by atoms with van der Waals surface area (Å²) in [6.45, 7) is 1.67. The molecule has 0 bridgehead atoms. The van der Waals surface area contributed by atoms with Crippen LogP contribution in [0, 0.1) is 6.92 Å². The Balaban J connectivity index is 1.48. The molecular formula is C21H23N3O3S2. The predicted molar refractivity (Wildman–Crippen MR) is 114 cm³/mol. The highest BCUT2D eigenvalue weighted by molar-refractivity contribution is 7.89. The minimum Gasteiger partial charge on any atom is -0.348 e. The molecule has 1 unspecified atom stereocenters. The van der Waals surface area contributed by atoms with Crippen LogP contribution in [0.25, 0.3) is 10.2 Å². The first-order chi connectivity index (χ1) is 13.8. The maximum atomic E-state index is 12.9. The van der Waals surface area contributed by atoms with Crippen molar-refractivity contribution in [3.8, 4) is 0 Å². The Hall–Kier alpha value is -2.29. The molecule has 0 aliphatic heterocycles. The van der Waals surface area contributed by atoms with Crippen molar-refractivity contribution in [2.75, 3.05) is 13.6 Å². The fourth-order valence-electron chi connectivity index (χ4n) is 3.79. The number of thiazole rings is 1. The molecule has 1 aliphatic rings. The van der Waals surface area contributed by atoms with E-state index in [1.54, 1.807) is 18.2 Å². The molecule has 0 spiro atoms. The molecule has 0 saturated heterocycles. The van der Waals surface area contributed by atoms with Gasteiger partial charge in [-0.2, -0.15) is 4.31 Å². The molecule has 6 nitrogen and oxygen atoms in total. The van der Waals surface area contributed by atoms with Crippen molar-refractivity contribution in [3.63, 3.8) is 0 Å². The van der Waals surface area contributed by atoms with Gasteiger partial charge in [0, 0.05) is 7.05 Å². The number of aryl methyl sites for hydroxylation is 2. The number of hydrogen-bond acceptors (Lipinski definition) is 5. The standard InChI is InChI=1S/C21H23N3O3S2/c1-14-22-19-11-10-16(12-20(19)28-14)29(26,27)24(2)13-21(25)23-18-9-5-7-15-6-3-4-8-17(15)18/h3-4,6,8,10-12,18H,5,7,9,13H2,1-2H3,(H,23,25). The van der Waals surface area contributed by atoms with E-state index < -0.39 is 10.0 Å². The Labute approximate surface area is 174 Å². The molecule has 3 aromatic rings. The zero-order chi connectivity index (χ0) is 20.6. The second-order valence-corrected chi connectivity index (χ2v) is 10.6. The summed E-state index contributed by atoms with van der Waals surface area (Å²) in [5, 5.41) is 3.89. The van der Waals surface area contributed by atoms with Crippen LogP contribution in [-0.4, -0.2) is 37.2 Å². The van der Waals surface area contributed by atoms with Crippen LogP contribution in [0.5, 0.6) is 0 Å². The van der Waals surface area contributed by atoms with Crippen LogP contribution >= 0.6 is 11.3 Å². The Morgan fingerprint density at radius 3 is 2.90 bits per heavy atom. The first kappa shape index (κ1) is 20.0. The lowest BCUT2D eigenvalue weighted by Gasteiger charge is -2.27. The van der Waals surface area contributed by atoms with E-state index in [1.165, 1.54) is 23.9 Å². The summed E-state index contributed by atoms with van der Waals surface area (Å²) in [6, 6.07) is 12.9. The van der Waals surface area contributed by atoms with E-state index in [9.17, 15) is 13.2 Å². The minimum atomic E-state index is -3.77. The molecule has 1 atom stereocenters. The zero-order valence-electron chi connectivity index (χ0n) is 16.4.